The van der Waals surface area contributed by atoms with Gasteiger partial charge in [0.1, 0.15) is 30.1 Å². The second-order valence-corrected chi connectivity index (χ2v) is 8.49. The van der Waals surface area contributed by atoms with Crippen LogP contribution in [0.5, 0.6) is 0 Å². The molecule has 2 aromatic heterocycles. The van der Waals surface area contributed by atoms with E-state index >= 15 is 0 Å². The van der Waals surface area contributed by atoms with Crippen LogP contribution in [0.1, 0.15) is 22.5 Å². The molecule has 0 saturated carbocycles. The van der Waals surface area contributed by atoms with E-state index in [0.717, 1.165) is 16.0 Å². The minimum Gasteiger partial charge on any atom is -0.315 e. The number of imidazole rings is 2. The van der Waals surface area contributed by atoms with Crippen molar-refractivity contribution in [3.05, 3.63) is 108 Å². The second kappa shape index (κ2) is 17.0. The van der Waals surface area contributed by atoms with Gasteiger partial charge in [0, 0.05) is 18.8 Å². The number of hydroxylamine groups is 2. The molecule has 0 bridgehead atoms. The SMILES string of the molecule is BrCc1ccccc1.CON(C)C(=O)Cn1cncc1C#N.N#Cc1cncn1CC(=O)Cc1ccccc1. The van der Waals surface area contributed by atoms with E-state index in [4.69, 9.17) is 15.4 Å². The number of carbonyl (C=O) groups is 2. The van der Waals surface area contributed by atoms with Crippen LogP contribution in [0.15, 0.2) is 85.7 Å². The Morgan fingerprint density at radius 3 is 1.79 bits per heavy atom. The Balaban J connectivity index is 0.000000218. The number of nitriles is 2. The second-order valence-electron chi connectivity index (χ2n) is 7.93. The molecule has 0 unspecified atom stereocenters. The molecular formula is C28H28BrN7O3. The molecular weight excluding hydrogens is 562 g/mol. The standard InChI is InChI=1S/C13H11N3O.C8H10N4O2.C7H7Br/c14-7-12-8-15-10-16(12)9-13(17)6-11-4-2-1-3-5-11;1-11(14-2)8(13)5-12-6-10-4-7(12)3-9;8-6-7-4-2-1-3-5-7/h1-5,8,10H,6,9H2;4,6H,5H2,1-2H3;1-5H,6H2. The lowest BCUT2D eigenvalue weighted by atomic mass is 10.1. The van der Waals surface area contributed by atoms with Crippen LogP contribution in [0.4, 0.5) is 0 Å². The molecule has 0 saturated heterocycles. The average molecular weight is 590 g/mol. The van der Waals surface area contributed by atoms with E-state index in [1.54, 1.807) is 4.57 Å². The highest BCUT2D eigenvalue weighted by Crippen LogP contribution is 2.04. The molecule has 0 aliphatic heterocycles. The number of hydrogen-bond acceptors (Lipinski definition) is 7. The number of ketones is 1. The Bertz CT molecular complexity index is 1390. The van der Waals surface area contributed by atoms with Gasteiger partial charge in [-0.25, -0.2) is 15.0 Å². The van der Waals surface area contributed by atoms with Crippen molar-refractivity contribution in [2.24, 2.45) is 0 Å². The maximum absolute atomic E-state index is 11.8. The molecule has 2 aromatic carbocycles. The number of carbonyl (C=O) groups excluding carboxylic acids is 2. The number of Topliss-reactive ketones (excluding diaryl/α,β-unsaturated/α-hetero) is 1. The maximum atomic E-state index is 11.8. The van der Waals surface area contributed by atoms with Crippen molar-refractivity contribution in [1.29, 1.82) is 10.5 Å². The maximum Gasteiger partial charge on any atom is 0.265 e. The summed E-state index contributed by atoms with van der Waals surface area (Å²) in [6.45, 7) is 0.241. The van der Waals surface area contributed by atoms with Gasteiger partial charge in [-0.2, -0.15) is 10.5 Å². The van der Waals surface area contributed by atoms with Gasteiger partial charge in [0.25, 0.3) is 5.91 Å². The lowest BCUT2D eigenvalue weighted by Gasteiger charge is -2.13. The number of rotatable bonds is 8. The summed E-state index contributed by atoms with van der Waals surface area (Å²) < 4.78 is 3.02. The Morgan fingerprint density at radius 1 is 0.872 bits per heavy atom. The predicted molar refractivity (Wildman–Crippen MR) is 148 cm³/mol. The minimum absolute atomic E-state index is 0.0488. The first-order valence-electron chi connectivity index (χ1n) is 11.7. The summed E-state index contributed by atoms with van der Waals surface area (Å²) >= 11 is 3.36. The molecule has 200 valence electrons. The van der Waals surface area contributed by atoms with E-state index in [9.17, 15) is 9.59 Å². The number of alkyl halides is 1. The van der Waals surface area contributed by atoms with Crippen molar-refractivity contribution in [2.75, 3.05) is 14.2 Å². The van der Waals surface area contributed by atoms with E-state index < -0.39 is 0 Å². The number of benzene rings is 2. The Labute approximate surface area is 235 Å². The van der Waals surface area contributed by atoms with E-state index in [-0.39, 0.29) is 24.8 Å². The van der Waals surface area contributed by atoms with Crippen LogP contribution >= 0.6 is 15.9 Å². The van der Waals surface area contributed by atoms with Crippen molar-refractivity contribution in [1.82, 2.24) is 24.2 Å². The summed E-state index contributed by atoms with van der Waals surface area (Å²) in [5.74, 6) is -0.187. The fourth-order valence-corrected chi connectivity index (χ4v) is 3.44. The summed E-state index contributed by atoms with van der Waals surface area (Å²) in [6.07, 6.45) is 6.17. The normalized spacial score (nSPS) is 9.56. The van der Waals surface area contributed by atoms with E-state index in [2.05, 4.69) is 38.0 Å². The lowest BCUT2D eigenvalue weighted by Crippen LogP contribution is -2.29. The third-order valence-electron chi connectivity index (χ3n) is 5.17. The Morgan fingerprint density at radius 2 is 1.36 bits per heavy atom. The fourth-order valence-electron chi connectivity index (χ4n) is 3.06. The summed E-state index contributed by atoms with van der Waals surface area (Å²) in [5.41, 5.74) is 3.07. The van der Waals surface area contributed by atoms with Gasteiger partial charge in [-0.3, -0.25) is 14.4 Å². The fraction of sp³-hybridized carbons (Fsp3) is 0.214. The first kappa shape index (κ1) is 30.6. The molecule has 0 N–H and O–H groups in total. The molecule has 0 fully saturated rings. The van der Waals surface area contributed by atoms with Crippen molar-refractivity contribution >= 4 is 27.6 Å². The summed E-state index contributed by atoms with van der Waals surface area (Å²) in [7, 11) is 2.91. The molecule has 11 heteroatoms. The van der Waals surface area contributed by atoms with Crippen molar-refractivity contribution in [3.63, 3.8) is 0 Å². The zero-order valence-corrected chi connectivity index (χ0v) is 23.2. The molecule has 10 nitrogen and oxygen atoms in total. The summed E-state index contributed by atoms with van der Waals surface area (Å²) in [6, 6.07) is 23.7. The smallest absolute Gasteiger partial charge is 0.265 e. The minimum atomic E-state index is -0.248. The monoisotopic (exact) mass is 589 g/mol. The first-order valence-corrected chi connectivity index (χ1v) is 12.8. The van der Waals surface area contributed by atoms with Crippen LogP contribution in [0.3, 0.4) is 0 Å². The van der Waals surface area contributed by atoms with Gasteiger partial charge < -0.3 is 9.13 Å². The first-order chi connectivity index (χ1) is 18.9. The average Bonchev–Trinajstić information content (AvgIpc) is 3.62. The number of amides is 1. The molecule has 0 aliphatic rings. The molecule has 0 aliphatic carbocycles. The van der Waals surface area contributed by atoms with Gasteiger partial charge in [0.2, 0.25) is 0 Å². The summed E-state index contributed by atoms with van der Waals surface area (Å²) in [5, 5.41) is 19.5. The molecule has 4 aromatic rings. The highest BCUT2D eigenvalue weighted by Gasteiger charge is 2.11. The highest BCUT2D eigenvalue weighted by molar-refractivity contribution is 9.08. The van der Waals surface area contributed by atoms with Gasteiger partial charge in [-0.15, -0.1) is 0 Å². The summed E-state index contributed by atoms with van der Waals surface area (Å²) in [4.78, 5) is 35.4. The molecule has 4 rings (SSSR count). The van der Waals surface area contributed by atoms with Crippen LogP contribution < -0.4 is 0 Å². The Kier molecular flexibility index (Phi) is 13.4. The van der Waals surface area contributed by atoms with Crippen LogP contribution in [0.2, 0.25) is 0 Å². The van der Waals surface area contributed by atoms with Gasteiger partial charge >= 0.3 is 0 Å². The van der Waals surface area contributed by atoms with E-state index in [1.165, 1.54) is 49.3 Å². The largest absolute Gasteiger partial charge is 0.315 e. The number of hydrogen-bond donors (Lipinski definition) is 0. The number of aromatic nitrogens is 4. The van der Waals surface area contributed by atoms with E-state index in [0.29, 0.717) is 17.8 Å². The van der Waals surface area contributed by atoms with Crippen molar-refractivity contribution < 1.29 is 14.4 Å². The quantitative estimate of drug-likeness (QED) is 0.225. The van der Waals surface area contributed by atoms with Gasteiger partial charge in [0.05, 0.1) is 38.7 Å². The van der Waals surface area contributed by atoms with Crippen molar-refractivity contribution in [3.8, 4) is 12.1 Å². The van der Waals surface area contributed by atoms with E-state index in [1.807, 2.05) is 60.7 Å². The Hall–Kier alpha value is -4.58. The predicted octanol–water partition coefficient (Wildman–Crippen LogP) is 3.92. The molecule has 1 amide bonds. The highest BCUT2D eigenvalue weighted by atomic mass is 79.9. The zero-order chi connectivity index (χ0) is 28.5. The molecule has 0 radical (unpaired) electrons. The number of nitrogens with zero attached hydrogens (tertiary/aromatic N) is 7. The van der Waals surface area contributed by atoms with Crippen LogP contribution in [0, 0.1) is 22.7 Å². The molecule has 0 atom stereocenters. The number of halogens is 1. The van der Waals surface area contributed by atoms with Crippen LogP contribution in [-0.4, -0.2) is 50.0 Å². The third kappa shape index (κ3) is 10.7. The number of likely N-dealkylation sites (N-methyl/N-ethyl adjacent to an activating group) is 1. The molecule has 0 spiro atoms. The topological polar surface area (TPSA) is 130 Å². The lowest BCUT2D eigenvalue weighted by molar-refractivity contribution is -0.169. The third-order valence-corrected chi connectivity index (χ3v) is 5.82. The molecule has 2 heterocycles. The van der Waals surface area contributed by atoms with Crippen LogP contribution in [-0.2, 0) is 39.3 Å². The molecule has 39 heavy (non-hydrogen) atoms. The van der Waals surface area contributed by atoms with Crippen LogP contribution in [0.25, 0.3) is 0 Å². The van der Waals surface area contributed by atoms with Gasteiger partial charge in [0.15, 0.2) is 5.78 Å². The van der Waals surface area contributed by atoms with Gasteiger partial charge in [-0.05, 0) is 11.1 Å². The van der Waals surface area contributed by atoms with Gasteiger partial charge in [-0.1, -0.05) is 76.6 Å². The zero-order valence-electron chi connectivity index (χ0n) is 21.6. The van der Waals surface area contributed by atoms with Crippen molar-refractivity contribution in [2.45, 2.75) is 24.8 Å².